The lowest BCUT2D eigenvalue weighted by Crippen LogP contribution is -2.12. The fourth-order valence-corrected chi connectivity index (χ4v) is 4.23. The van der Waals surface area contributed by atoms with Crippen LogP contribution in [-0.2, 0) is 11.4 Å². The highest BCUT2D eigenvalue weighted by Crippen LogP contribution is 2.38. The van der Waals surface area contributed by atoms with Crippen LogP contribution >= 0.6 is 11.3 Å². The molecule has 2 aromatic carbocycles. The standard InChI is InChI=1S/C26H23NO7S/c1-16-4-2-3-5-19(16)22(8-9-25(28)29)33-23-12-18(32-14-17-10-11-35-15-17)6-7-20(23)21-13-24(26(30)31)34-27-21/h2-7,10-13,15,22H,8-9,14H2,1H3,(H,28,29)(H,30,31). The summed E-state index contributed by atoms with van der Waals surface area (Å²) in [6.45, 7) is 2.31. The molecule has 2 aromatic heterocycles. The number of aliphatic carboxylic acids is 1. The van der Waals surface area contributed by atoms with Crippen molar-refractivity contribution in [3.8, 4) is 22.8 Å². The summed E-state index contributed by atoms with van der Waals surface area (Å²) < 4.78 is 17.3. The van der Waals surface area contributed by atoms with Gasteiger partial charge in [-0.05, 0) is 59.0 Å². The normalized spacial score (nSPS) is 11.7. The average molecular weight is 494 g/mol. The number of ether oxygens (including phenoxy) is 2. The first kappa shape index (κ1) is 24.0. The molecule has 2 N–H and O–H groups in total. The number of hydrogen-bond acceptors (Lipinski definition) is 7. The molecule has 0 aliphatic carbocycles. The predicted molar refractivity (Wildman–Crippen MR) is 129 cm³/mol. The summed E-state index contributed by atoms with van der Waals surface area (Å²) in [5.41, 5.74) is 3.63. The fraction of sp³-hybridized carbons (Fsp3) is 0.192. The van der Waals surface area contributed by atoms with E-state index in [1.165, 1.54) is 6.07 Å². The van der Waals surface area contributed by atoms with Gasteiger partial charge in [0.15, 0.2) is 0 Å². The van der Waals surface area contributed by atoms with E-state index in [1.807, 2.05) is 48.0 Å². The summed E-state index contributed by atoms with van der Waals surface area (Å²) in [7, 11) is 0. The molecule has 9 heteroatoms. The van der Waals surface area contributed by atoms with Gasteiger partial charge < -0.3 is 24.2 Å². The van der Waals surface area contributed by atoms with Crippen LogP contribution in [0, 0.1) is 6.92 Å². The van der Waals surface area contributed by atoms with Crippen molar-refractivity contribution in [3.63, 3.8) is 0 Å². The molecule has 4 aromatic rings. The van der Waals surface area contributed by atoms with E-state index in [-0.39, 0.29) is 24.3 Å². The molecule has 0 bridgehead atoms. The Kier molecular flexibility index (Phi) is 7.47. The predicted octanol–water partition coefficient (Wildman–Crippen LogP) is 5.97. The summed E-state index contributed by atoms with van der Waals surface area (Å²) in [6, 6.07) is 16.1. The van der Waals surface area contributed by atoms with Gasteiger partial charge in [-0.2, -0.15) is 11.3 Å². The molecule has 2 heterocycles. The molecule has 0 saturated heterocycles. The van der Waals surface area contributed by atoms with Crippen LogP contribution in [0.4, 0.5) is 0 Å². The van der Waals surface area contributed by atoms with Crippen molar-refractivity contribution >= 4 is 23.3 Å². The Bertz CT molecular complexity index is 1310. The molecule has 0 aliphatic rings. The smallest absolute Gasteiger partial charge is 0.374 e. The first-order valence-corrected chi connectivity index (χ1v) is 11.8. The number of aryl methyl sites for hydroxylation is 1. The van der Waals surface area contributed by atoms with Crippen LogP contribution in [0.3, 0.4) is 0 Å². The van der Waals surface area contributed by atoms with Crippen molar-refractivity contribution in [3.05, 3.63) is 87.8 Å². The van der Waals surface area contributed by atoms with E-state index >= 15 is 0 Å². The second-order valence-electron chi connectivity index (χ2n) is 7.86. The van der Waals surface area contributed by atoms with Gasteiger partial charge in [-0.15, -0.1) is 0 Å². The van der Waals surface area contributed by atoms with Crippen LogP contribution in [0.1, 0.15) is 46.2 Å². The van der Waals surface area contributed by atoms with Gasteiger partial charge in [0.1, 0.15) is 29.9 Å². The van der Waals surface area contributed by atoms with Gasteiger partial charge in [-0.25, -0.2) is 4.79 Å². The Morgan fingerprint density at radius 2 is 1.94 bits per heavy atom. The number of nitrogens with zero attached hydrogens (tertiary/aromatic N) is 1. The molecule has 0 fully saturated rings. The number of rotatable bonds is 11. The van der Waals surface area contributed by atoms with E-state index in [9.17, 15) is 19.8 Å². The summed E-state index contributed by atoms with van der Waals surface area (Å²) in [6.07, 6.45) is -0.418. The molecule has 0 radical (unpaired) electrons. The molecule has 0 amide bonds. The van der Waals surface area contributed by atoms with Crippen LogP contribution in [-0.4, -0.2) is 27.3 Å². The van der Waals surface area contributed by atoms with E-state index in [4.69, 9.17) is 14.0 Å². The van der Waals surface area contributed by atoms with Gasteiger partial charge in [0.05, 0.1) is 0 Å². The zero-order valence-corrected chi connectivity index (χ0v) is 19.7. The molecular formula is C26H23NO7S. The number of aromatic nitrogens is 1. The minimum atomic E-state index is -1.24. The third-order valence-electron chi connectivity index (χ3n) is 5.36. The van der Waals surface area contributed by atoms with Crippen molar-refractivity contribution in [1.29, 1.82) is 0 Å². The lowest BCUT2D eigenvalue weighted by atomic mass is 9.99. The van der Waals surface area contributed by atoms with Gasteiger partial charge in [0, 0.05) is 24.1 Å². The third-order valence-corrected chi connectivity index (χ3v) is 6.09. The molecule has 8 nitrogen and oxygen atoms in total. The summed E-state index contributed by atoms with van der Waals surface area (Å²) in [4.78, 5) is 22.6. The molecule has 35 heavy (non-hydrogen) atoms. The van der Waals surface area contributed by atoms with Crippen molar-refractivity contribution in [2.24, 2.45) is 0 Å². The lowest BCUT2D eigenvalue weighted by molar-refractivity contribution is -0.137. The van der Waals surface area contributed by atoms with Crippen LogP contribution in [0.2, 0.25) is 0 Å². The molecule has 1 unspecified atom stereocenters. The molecule has 180 valence electrons. The van der Waals surface area contributed by atoms with Crippen LogP contribution in [0.25, 0.3) is 11.3 Å². The van der Waals surface area contributed by atoms with Crippen molar-refractivity contribution in [2.45, 2.75) is 32.5 Å². The quantitative estimate of drug-likeness (QED) is 0.262. The third kappa shape index (κ3) is 6.07. The van der Waals surface area contributed by atoms with Gasteiger partial charge in [-0.1, -0.05) is 29.4 Å². The maximum absolute atomic E-state index is 11.3. The van der Waals surface area contributed by atoms with Crippen LogP contribution in [0.5, 0.6) is 11.5 Å². The van der Waals surface area contributed by atoms with Gasteiger partial charge in [-0.3, -0.25) is 4.79 Å². The number of hydrogen-bond donors (Lipinski definition) is 2. The van der Waals surface area contributed by atoms with E-state index in [2.05, 4.69) is 5.16 Å². The molecular weight excluding hydrogens is 470 g/mol. The molecule has 4 rings (SSSR count). The minimum Gasteiger partial charge on any atom is -0.489 e. The molecule has 0 saturated carbocycles. The number of thiophene rings is 1. The fourth-order valence-electron chi connectivity index (χ4n) is 3.58. The summed E-state index contributed by atoms with van der Waals surface area (Å²) >= 11 is 1.58. The Balaban J connectivity index is 1.70. The van der Waals surface area contributed by atoms with Crippen molar-refractivity contribution in [1.82, 2.24) is 5.16 Å². The Morgan fingerprint density at radius 1 is 1.11 bits per heavy atom. The van der Waals surface area contributed by atoms with Gasteiger partial charge in [0.2, 0.25) is 5.76 Å². The Labute approximate surface area is 205 Å². The largest absolute Gasteiger partial charge is 0.489 e. The second kappa shape index (κ2) is 10.9. The lowest BCUT2D eigenvalue weighted by Gasteiger charge is -2.22. The Morgan fingerprint density at radius 3 is 2.63 bits per heavy atom. The maximum Gasteiger partial charge on any atom is 0.374 e. The SMILES string of the molecule is Cc1ccccc1C(CCC(=O)O)Oc1cc(OCc2ccsc2)ccc1-c1cc(C(=O)O)on1. The van der Waals surface area contributed by atoms with E-state index in [0.29, 0.717) is 23.7 Å². The number of carbonyl (C=O) groups is 2. The van der Waals surface area contributed by atoms with E-state index < -0.39 is 18.0 Å². The van der Waals surface area contributed by atoms with Gasteiger partial charge >= 0.3 is 11.9 Å². The summed E-state index contributed by atoms with van der Waals surface area (Å²) in [5.74, 6) is -1.55. The van der Waals surface area contributed by atoms with Crippen molar-refractivity contribution < 1.29 is 33.8 Å². The van der Waals surface area contributed by atoms with E-state index in [1.54, 1.807) is 29.5 Å². The first-order chi connectivity index (χ1) is 16.9. The highest BCUT2D eigenvalue weighted by molar-refractivity contribution is 7.07. The molecule has 0 aliphatic heterocycles. The van der Waals surface area contributed by atoms with Crippen LogP contribution < -0.4 is 9.47 Å². The average Bonchev–Trinajstić information content (AvgIpc) is 3.53. The first-order valence-electron chi connectivity index (χ1n) is 10.8. The zero-order valence-electron chi connectivity index (χ0n) is 18.8. The number of benzene rings is 2. The molecule has 1 atom stereocenters. The topological polar surface area (TPSA) is 119 Å². The molecule has 0 spiro atoms. The van der Waals surface area contributed by atoms with Crippen LogP contribution in [0.15, 0.2) is 69.9 Å². The highest BCUT2D eigenvalue weighted by atomic mass is 32.1. The van der Waals surface area contributed by atoms with Crippen molar-refractivity contribution in [2.75, 3.05) is 0 Å². The second-order valence-corrected chi connectivity index (χ2v) is 8.64. The summed E-state index contributed by atoms with van der Waals surface area (Å²) in [5, 5.41) is 26.4. The minimum absolute atomic E-state index is 0.0875. The van der Waals surface area contributed by atoms with Gasteiger partial charge in [0.25, 0.3) is 0 Å². The number of aromatic carboxylic acids is 1. The Hall–Kier alpha value is -4.11. The van der Waals surface area contributed by atoms with E-state index in [0.717, 1.165) is 16.7 Å². The monoisotopic (exact) mass is 493 g/mol. The highest BCUT2D eigenvalue weighted by Gasteiger charge is 2.22. The maximum atomic E-state index is 11.3. The number of carboxylic acids is 2. The zero-order chi connectivity index (χ0) is 24.8. The number of carboxylic acid groups (broad SMARTS) is 2.